The Balaban J connectivity index is 1.71. The Morgan fingerprint density at radius 3 is 2.44 bits per heavy atom. The van der Waals surface area contributed by atoms with Crippen LogP contribution in [0.3, 0.4) is 0 Å². The second-order valence-electron chi connectivity index (χ2n) is 5.89. The van der Waals surface area contributed by atoms with Crippen molar-refractivity contribution in [3.8, 4) is 11.4 Å². The van der Waals surface area contributed by atoms with Gasteiger partial charge < -0.3 is 9.47 Å². The largest absolute Gasteiger partial charge is 0.493 e. The van der Waals surface area contributed by atoms with Crippen LogP contribution in [-0.4, -0.2) is 28.1 Å². The van der Waals surface area contributed by atoms with Crippen molar-refractivity contribution in [1.29, 1.82) is 0 Å². The highest BCUT2D eigenvalue weighted by Gasteiger charge is 2.12. The molecule has 0 saturated carbocycles. The smallest absolute Gasteiger partial charge is 0.338 e. The summed E-state index contributed by atoms with van der Waals surface area (Å²) < 4.78 is 12.7. The summed E-state index contributed by atoms with van der Waals surface area (Å²) in [5, 5.41) is 4.15. The minimum absolute atomic E-state index is 0.0240. The summed E-state index contributed by atoms with van der Waals surface area (Å²) in [4.78, 5) is 24.0. The van der Waals surface area contributed by atoms with Crippen LogP contribution in [0.15, 0.2) is 60.9 Å². The van der Waals surface area contributed by atoms with Gasteiger partial charge in [-0.25, -0.2) is 9.48 Å². The first-order valence-corrected chi connectivity index (χ1v) is 8.62. The molecule has 6 nitrogen and oxygen atoms in total. The second kappa shape index (κ2) is 8.31. The van der Waals surface area contributed by atoms with Gasteiger partial charge in [-0.05, 0) is 62.4 Å². The zero-order chi connectivity index (χ0) is 19.2. The van der Waals surface area contributed by atoms with Gasteiger partial charge in [-0.15, -0.1) is 0 Å². The lowest BCUT2D eigenvalue weighted by Gasteiger charge is -2.12. The molecular formula is C21H20N2O4. The lowest BCUT2D eigenvalue weighted by molar-refractivity contribution is 0.0469. The monoisotopic (exact) mass is 364 g/mol. The standard InChI is InChI=1S/C21H20N2O4/c1-3-26-20-10-7-17(15(2)24)13-18(20)14-27-21(25)16-5-8-19(9-6-16)23-12-4-11-22-23/h4-13H,3,14H2,1-2H3. The minimum Gasteiger partial charge on any atom is -0.493 e. The summed E-state index contributed by atoms with van der Waals surface area (Å²) in [7, 11) is 0. The molecule has 3 rings (SSSR count). The highest BCUT2D eigenvalue weighted by atomic mass is 16.5. The van der Waals surface area contributed by atoms with Gasteiger partial charge in [-0.1, -0.05) is 0 Å². The zero-order valence-corrected chi connectivity index (χ0v) is 15.2. The second-order valence-corrected chi connectivity index (χ2v) is 5.89. The summed E-state index contributed by atoms with van der Waals surface area (Å²) in [6.45, 7) is 3.87. The fraction of sp³-hybridized carbons (Fsp3) is 0.190. The number of benzene rings is 2. The van der Waals surface area contributed by atoms with E-state index in [0.717, 1.165) is 5.69 Å². The van der Waals surface area contributed by atoms with E-state index in [0.29, 0.717) is 29.0 Å². The number of carbonyl (C=O) groups is 2. The lowest BCUT2D eigenvalue weighted by Crippen LogP contribution is -2.08. The minimum atomic E-state index is -0.447. The van der Waals surface area contributed by atoms with E-state index in [2.05, 4.69) is 5.10 Å². The maximum absolute atomic E-state index is 12.4. The molecule has 0 aliphatic carbocycles. The Labute approximate surface area is 157 Å². The summed E-state index contributed by atoms with van der Waals surface area (Å²) in [6.07, 6.45) is 3.51. The topological polar surface area (TPSA) is 70.4 Å². The predicted molar refractivity (Wildman–Crippen MR) is 100 cm³/mol. The highest BCUT2D eigenvalue weighted by molar-refractivity contribution is 5.94. The quantitative estimate of drug-likeness (QED) is 0.471. The van der Waals surface area contributed by atoms with Crippen LogP contribution in [0, 0.1) is 0 Å². The molecule has 0 unspecified atom stereocenters. The van der Waals surface area contributed by atoms with Gasteiger partial charge in [-0.3, -0.25) is 4.79 Å². The number of ketones is 1. The van der Waals surface area contributed by atoms with E-state index in [1.807, 2.05) is 19.2 Å². The molecule has 0 spiro atoms. The lowest BCUT2D eigenvalue weighted by atomic mass is 10.1. The van der Waals surface area contributed by atoms with Crippen molar-refractivity contribution >= 4 is 11.8 Å². The number of Topliss-reactive ketones (excluding diaryl/α,β-unsaturated/α-hetero) is 1. The maximum Gasteiger partial charge on any atom is 0.338 e. The summed E-state index contributed by atoms with van der Waals surface area (Å²) in [6, 6.07) is 13.9. The van der Waals surface area contributed by atoms with Crippen LogP contribution in [0.2, 0.25) is 0 Å². The molecule has 0 saturated heterocycles. The van der Waals surface area contributed by atoms with Crippen LogP contribution in [-0.2, 0) is 11.3 Å². The molecule has 138 valence electrons. The van der Waals surface area contributed by atoms with E-state index in [-0.39, 0.29) is 12.4 Å². The van der Waals surface area contributed by atoms with E-state index in [1.54, 1.807) is 53.3 Å². The molecule has 0 fully saturated rings. The van der Waals surface area contributed by atoms with Crippen LogP contribution in [0.1, 0.15) is 40.1 Å². The molecule has 1 aromatic heterocycles. The number of rotatable bonds is 7. The van der Waals surface area contributed by atoms with Crippen molar-refractivity contribution < 1.29 is 19.1 Å². The fourth-order valence-electron chi connectivity index (χ4n) is 2.61. The normalized spacial score (nSPS) is 10.4. The molecule has 0 amide bonds. The van der Waals surface area contributed by atoms with Crippen LogP contribution in [0.4, 0.5) is 0 Å². The van der Waals surface area contributed by atoms with Crippen molar-refractivity contribution in [3.63, 3.8) is 0 Å². The highest BCUT2D eigenvalue weighted by Crippen LogP contribution is 2.22. The van der Waals surface area contributed by atoms with Crippen molar-refractivity contribution in [3.05, 3.63) is 77.6 Å². The van der Waals surface area contributed by atoms with Crippen LogP contribution in [0.25, 0.3) is 5.69 Å². The Hall–Kier alpha value is -3.41. The Bertz CT molecular complexity index is 931. The first-order chi connectivity index (χ1) is 13.1. The van der Waals surface area contributed by atoms with Crippen LogP contribution in [0.5, 0.6) is 5.75 Å². The van der Waals surface area contributed by atoms with Gasteiger partial charge in [-0.2, -0.15) is 5.10 Å². The average molecular weight is 364 g/mol. The van der Waals surface area contributed by atoms with E-state index < -0.39 is 5.97 Å². The van der Waals surface area contributed by atoms with E-state index in [1.165, 1.54) is 6.92 Å². The van der Waals surface area contributed by atoms with Crippen molar-refractivity contribution in [1.82, 2.24) is 9.78 Å². The number of hydrogen-bond acceptors (Lipinski definition) is 5. The number of hydrogen-bond donors (Lipinski definition) is 0. The van der Waals surface area contributed by atoms with Gasteiger partial charge in [0.2, 0.25) is 0 Å². The summed E-state index contributed by atoms with van der Waals surface area (Å²) in [5.41, 5.74) is 2.50. The third kappa shape index (κ3) is 4.41. The van der Waals surface area contributed by atoms with Crippen molar-refractivity contribution in [2.45, 2.75) is 20.5 Å². The number of ether oxygens (including phenoxy) is 2. The van der Waals surface area contributed by atoms with E-state index >= 15 is 0 Å². The molecular weight excluding hydrogens is 344 g/mol. The Morgan fingerprint density at radius 1 is 1.07 bits per heavy atom. The third-order valence-corrected chi connectivity index (χ3v) is 4.00. The molecule has 0 aliphatic rings. The molecule has 27 heavy (non-hydrogen) atoms. The number of carbonyl (C=O) groups excluding carboxylic acids is 2. The van der Waals surface area contributed by atoms with Gasteiger partial charge >= 0.3 is 5.97 Å². The molecule has 0 radical (unpaired) electrons. The van der Waals surface area contributed by atoms with Crippen LogP contribution >= 0.6 is 0 Å². The SMILES string of the molecule is CCOc1ccc(C(C)=O)cc1COC(=O)c1ccc(-n2cccn2)cc1. The van der Waals surface area contributed by atoms with E-state index in [4.69, 9.17) is 9.47 Å². The molecule has 6 heteroatoms. The van der Waals surface area contributed by atoms with Gasteiger partial charge in [0.05, 0.1) is 17.9 Å². The van der Waals surface area contributed by atoms with Gasteiger partial charge in [0.15, 0.2) is 5.78 Å². The first-order valence-electron chi connectivity index (χ1n) is 8.62. The molecule has 0 bridgehead atoms. The molecule has 3 aromatic rings. The number of aromatic nitrogens is 2. The fourth-order valence-corrected chi connectivity index (χ4v) is 2.61. The van der Waals surface area contributed by atoms with Gasteiger partial charge in [0, 0.05) is 23.5 Å². The van der Waals surface area contributed by atoms with Gasteiger partial charge in [0.25, 0.3) is 0 Å². The summed E-state index contributed by atoms with van der Waals surface area (Å²) in [5.74, 6) is 0.0989. The zero-order valence-electron chi connectivity index (χ0n) is 15.2. The van der Waals surface area contributed by atoms with Crippen LogP contribution < -0.4 is 4.74 Å². The maximum atomic E-state index is 12.4. The molecule has 1 heterocycles. The van der Waals surface area contributed by atoms with Crippen molar-refractivity contribution in [2.24, 2.45) is 0 Å². The summed E-state index contributed by atoms with van der Waals surface area (Å²) >= 11 is 0. The average Bonchev–Trinajstić information content (AvgIpc) is 3.22. The third-order valence-electron chi connectivity index (χ3n) is 4.00. The number of nitrogens with zero attached hydrogens (tertiary/aromatic N) is 2. The molecule has 0 aliphatic heterocycles. The van der Waals surface area contributed by atoms with E-state index in [9.17, 15) is 9.59 Å². The first kappa shape index (κ1) is 18.4. The predicted octanol–water partition coefficient (Wildman–Crippen LogP) is 3.83. The Morgan fingerprint density at radius 2 is 1.81 bits per heavy atom. The van der Waals surface area contributed by atoms with Crippen molar-refractivity contribution in [2.75, 3.05) is 6.61 Å². The van der Waals surface area contributed by atoms with Gasteiger partial charge in [0.1, 0.15) is 12.4 Å². The Kier molecular flexibility index (Phi) is 5.66. The molecule has 0 atom stereocenters. The number of esters is 1. The molecule has 2 aromatic carbocycles. The molecule has 0 N–H and O–H groups in total.